The standard InChI is InChI=1S/C28H36ClNO4/c1-19(17-31)13-22-15-21-8-7-20(18-33-2)14-25(21)27(22)9-11-28(12-10-27,26(32)34-3)30-24-6-4-5-23(29)16-24/h4-8,14,16,19,22,30-31H,9-13,15,17-18H2,1-3H3/t19-,22?,27?,28?/m1/s1. The van der Waals surface area contributed by atoms with Gasteiger partial charge in [-0.25, -0.2) is 4.79 Å². The maximum atomic E-state index is 13.1. The van der Waals surface area contributed by atoms with Gasteiger partial charge in [0.15, 0.2) is 0 Å². The molecule has 0 radical (unpaired) electrons. The minimum Gasteiger partial charge on any atom is -0.467 e. The highest BCUT2D eigenvalue weighted by Crippen LogP contribution is 2.56. The molecule has 0 amide bonds. The van der Waals surface area contributed by atoms with E-state index in [0.29, 0.717) is 30.4 Å². The summed E-state index contributed by atoms with van der Waals surface area (Å²) in [6.07, 6.45) is 5.08. The minimum atomic E-state index is -0.787. The van der Waals surface area contributed by atoms with Crippen LogP contribution in [0.2, 0.25) is 5.02 Å². The lowest BCUT2D eigenvalue weighted by molar-refractivity contribution is -0.148. The number of ether oxygens (including phenoxy) is 2. The number of carbonyl (C=O) groups excluding carboxylic acids is 1. The van der Waals surface area contributed by atoms with E-state index in [1.165, 1.54) is 23.8 Å². The minimum absolute atomic E-state index is 0.0178. The molecule has 0 aromatic heterocycles. The van der Waals surface area contributed by atoms with Gasteiger partial charge in [-0.1, -0.05) is 42.8 Å². The fraction of sp³-hybridized carbons (Fsp3) is 0.536. The molecule has 2 aromatic rings. The molecule has 1 saturated carbocycles. The van der Waals surface area contributed by atoms with Gasteiger partial charge in [-0.15, -0.1) is 0 Å². The van der Waals surface area contributed by atoms with Crippen molar-refractivity contribution in [3.63, 3.8) is 0 Å². The van der Waals surface area contributed by atoms with Crippen LogP contribution in [0.3, 0.4) is 0 Å². The number of carbonyl (C=O) groups is 1. The molecule has 34 heavy (non-hydrogen) atoms. The third-order valence-electron chi connectivity index (χ3n) is 8.05. The third-order valence-corrected chi connectivity index (χ3v) is 8.28. The van der Waals surface area contributed by atoms with Gasteiger partial charge >= 0.3 is 5.97 Å². The number of hydrogen-bond donors (Lipinski definition) is 2. The lowest BCUT2D eigenvalue weighted by Gasteiger charge is -2.47. The van der Waals surface area contributed by atoms with Crippen molar-refractivity contribution in [2.45, 2.75) is 63.0 Å². The van der Waals surface area contributed by atoms with E-state index in [-0.39, 0.29) is 23.9 Å². The monoisotopic (exact) mass is 485 g/mol. The molecule has 4 rings (SSSR count). The fourth-order valence-corrected chi connectivity index (χ4v) is 6.48. The summed E-state index contributed by atoms with van der Waals surface area (Å²) in [5.41, 5.74) is 3.99. The molecule has 6 heteroatoms. The molecule has 1 fully saturated rings. The Balaban J connectivity index is 1.67. The normalized spacial score (nSPS) is 26.8. The summed E-state index contributed by atoms with van der Waals surface area (Å²) in [7, 11) is 3.18. The molecule has 5 nitrogen and oxygen atoms in total. The van der Waals surface area contributed by atoms with Gasteiger partial charge in [0.05, 0.1) is 13.7 Å². The molecule has 0 saturated heterocycles. The first-order valence-electron chi connectivity index (χ1n) is 12.2. The number of anilines is 1. The number of esters is 1. The van der Waals surface area contributed by atoms with Crippen LogP contribution < -0.4 is 5.32 Å². The van der Waals surface area contributed by atoms with Crippen LogP contribution in [0.1, 0.15) is 55.7 Å². The van der Waals surface area contributed by atoms with E-state index in [1.807, 2.05) is 24.3 Å². The van der Waals surface area contributed by atoms with Crippen LogP contribution in [-0.4, -0.2) is 37.4 Å². The summed E-state index contributed by atoms with van der Waals surface area (Å²) in [5, 5.41) is 13.9. The van der Waals surface area contributed by atoms with Crippen LogP contribution in [-0.2, 0) is 32.7 Å². The Bertz CT molecular complexity index is 1020. The molecule has 0 heterocycles. The number of hydrogen-bond acceptors (Lipinski definition) is 5. The Morgan fingerprint density at radius 1 is 1.18 bits per heavy atom. The van der Waals surface area contributed by atoms with Crippen molar-refractivity contribution >= 4 is 23.3 Å². The van der Waals surface area contributed by atoms with E-state index in [0.717, 1.165) is 31.4 Å². The van der Waals surface area contributed by atoms with Gasteiger partial charge in [0.2, 0.25) is 0 Å². The molecule has 0 aliphatic heterocycles. The van der Waals surface area contributed by atoms with Gasteiger partial charge < -0.3 is 19.9 Å². The zero-order valence-corrected chi connectivity index (χ0v) is 21.2. The molecular weight excluding hydrogens is 450 g/mol. The second-order valence-electron chi connectivity index (χ2n) is 10.2. The predicted molar refractivity (Wildman–Crippen MR) is 135 cm³/mol. The van der Waals surface area contributed by atoms with Gasteiger partial charge in [-0.3, -0.25) is 0 Å². The fourth-order valence-electron chi connectivity index (χ4n) is 6.29. The quantitative estimate of drug-likeness (QED) is 0.482. The summed E-state index contributed by atoms with van der Waals surface area (Å²) in [5.74, 6) is 0.449. The van der Waals surface area contributed by atoms with Crippen molar-refractivity contribution in [2.75, 3.05) is 26.1 Å². The summed E-state index contributed by atoms with van der Waals surface area (Å²) >= 11 is 6.21. The SMILES string of the molecule is COCc1ccc2c(c1)C1(CCC(Nc3cccc(Cl)c3)(C(=O)OC)CC1)C(C[C@@H](C)CO)C2. The lowest BCUT2D eigenvalue weighted by Crippen LogP contribution is -2.53. The molecule has 2 N–H and O–H groups in total. The molecule has 2 aliphatic rings. The number of fused-ring (bicyclic) bond motifs is 2. The maximum Gasteiger partial charge on any atom is 0.331 e. The van der Waals surface area contributed by atoms with Gasteiger partial charge in [-0.05, 0) is 90.7 Å². The number of aliphatic hydroxyl groups is 1. The number of benzene rings is 2. The Morgan fingerprint density at radius 2 is 1.94 bits per heavy atom. The Labute approximate surface area is 207 Å². The smallest absolute Gasteiger partial charge is 0.331 e. The lowest BCUT2D eigenvalue weighted by atomic mass is 9.59. The van der Waals surface area contributed by atoms with Crippen LogP contribution in [0.5, 0.6) is 0 Å². The van der Waals surface area contributed by atoms with Crippen LogP contribution >= 0.6 is 11.6 Å². The van der Waals surface area contributed by atoms with Gasteiger partial charge in [0.1, 0.15) is 5.54 Å². The van der Waals surface area contributed by atoms with Crippen molar-refractivity contribution in [1.29, 1.82) is 0 Å². The first-order valence-corrected chi connectivity index (χ1v) is 12.6. The summed E-state index contributed by atoms with van der Waals surface area (Å²) in [4.78, 5) is 13.1. The van der Waals surface area contributed by atoms with Gasteiger partial charge in [0.25, 0.3) is 0 Å². The Morgan fingerprint density at radius 3 is 2.59 bits per heavy atom. The van der Waals surface area contributed by atoms with E-state index >= 15 is 0 Å². The topological polar surface area (TPSA) is 67.8 Å². The average molecular weight is 486 g/mol. The van der Waals surface area contributed by atoms with Crippen molar-refractivity contribution in [3.05, 3.63) is 64.2 Å². The highest BCUT2D eigenvalue weighted by atomic mass is 35.5. The van der Waals surface area contributed by atoms with E-state index in [1.54, 1.807) is 7.11 Å². The molecular formula is C28H36ClNO4. The number of methoxy groups -OCH3 is 2. The van der Waals surface area contributed by atoms with Gasteiger partial charge in [0, 0.05) is 24.4 Å². The molecule has 184 valence electrons. The highest BCUT2D eigenvalue weighted by molar-refractivity contribution is 6.30. The van der Waals surface area contributed by atoms with Crippen molar-refractivity contribution in [2.24, 2.45) is 11.8 Å². The Hall–Kier alpha value is -2.08. The van der Waals surface area contributed by atoms with Crippen molar-refractivity contribution < 1.29 is 19.4 Å². The summed E-state index contributed by atoms with van der Waals surface area (Å²) in [6, 6.07) is 14.2. The van der Waals surface area contributed by atoms with E-state index in [9.17, 15) is 9.90 Å². The first-order chi connectivity index (χ1) is 16.4. The zero-order valence-electron chi connectivity index (χ0n) is 20.4. The number of rotatable bonds is 8. The van der Waals surface area contributed by atoms with Gasteiger partial charge in [-0.2, -0.15) is 0 Å². The predicted octanol–water partition coefficient (Wildman–Crippen LogP) is 5.51. The summed E-state index contributed by atoms with van der Waals surface area (Å²) < 4.78 is 10.7. The number of aliphatic hydroxyl groups excluding tert-OH is 1. The van der Waals surface area contributed by atoms with Crippen molar-refractivity contribution in [1.82, 2.24) is 0 Å². The molecule has 1 spiro atoms. The largest absolute Gasteiger partial charge is 0.467 e. The average Bonchev–Trinajstić information content (AvgIpc) is 3.12. The number of nitrogens with one attached hydrogen (secondary N) is 1. The molecule has 2 aromatic carbocycles. The Kier molecular flexibility index (Phi) is 7.56. The van der Waals surface area contributed by atoms with E-state index in [2.05, 4.69) is 30.4 Å². The highest BCUT2D eigenvalue weighted by Gasteiger charge is 2.54. The molecule has 2 atom stereocenters. The van der Waals surface area contributed by atoms with Crippen LogP contribution in [0.15, 0.2) is 42.5 Å². The van der Waals surface area contributed by atoms with Crippen LogP contribution in [0.4, 0.5) is 5.69 Å². The molecule has 1 unspecified atom stereocenters. The van der Waals surface area contributed by atoms with E-state index < -0.39 is 5.54 Å². The second-order valence-corrected chi connectivity index (χ2v) is 10.7. The van der Waals surface area contributed by atoms with Crippen LogP contribution in [0.25, 0.3) is 0 Å². The van der Waals surface area contributed by atoms with Crippen molar-refractivity contribution in [3.8, 4) is 0 Å². The van der Waals surface area contributed by atoms with Crippen LogP contribution in [0, 0.1) is 11.8 Å². The first kappa shape index (κ1) is 25.0. The number of halogens is 1. The third kappa shape index (κ3) is 4.71. The van der Waals surface area contributed by atoms with E-state index in [4.69, 9.17) is 21.1 Å². The summed E-state index contributed by atoms with van der Waals surface area (Å²) in [6.45, 7) is 2.90. The second kappa shape index (κ2) is 10.3. The molecule has 2 aliphatic carbocycles. The maximum absolute atomic E-state index is 13.1. The zero-order chi connectivity index (χ0) is 24.3. The molecule has 0 bridgehead atoms.